The van der Waals surface area contributed by atoms with Gasteiger partial charge in [-0.15, -0.1) is 0 Å². The topological polar surface area (TPSA) is 97.4 Å². The first-order valence-electron chi connectivity index (χ1n) is 11.6. The maximum Gasteiger partial charge on any atom is 0.261 e. The molecule has 2 aliphatic rings. The molecule has 3 aromatic rings. The monoisotopic (exact) mass is 460 g/mol. The van der Waals surface area contributed by atoms with Crippen molar-refractivity contribution in [2.45, 2.75) is 46.1 Å². The maximum absolute atomic E-state index is 13.5. The number of aryl methyl sites for hydroxylation is 4. The van der Waals surface area contributed by atoms with E-state index in [1.165, 1.54) is 0 Å². The predicted octanol–water partition coefficient (Wildman–Crippen LogP) is 3.37. The highest BCUT2D eigenvalue weighted by Gasteiger charge is 2.27. The Morgan fingerprint density at radius 1 is 1.15 bits per heavy atom. The molecule has 8 heteroatoms. The van der Waals surface area contributed by atoms with Crippen LogP contribution in [0.3, 0.4) is 0 Å². The highest BCUT2D eigenvalue weighted by Crippen LogP contribution is 2.38. The van der Waals surface area contributed by atoms with Gasteiger partial charge in [0.05, 0.1) is 30.7 Å². The van der Waals surface area contributed by atoms with Crippen molar-refractivity contribution in [1.29, 1.82) is 0 Å². The molecule has 0 spiro atoms. The van der Waals surface area contributed by atoms with Gasteiger partial charge < -0.3 is 19.4 Å². The van der Waals surface area contributed by atoms with Crippen LogP contribution in [0.1, 0.15) is 51.4 Å². The Hall–Kier alpha value is -3.68. The first-order valence-corrected chi connectivity index (χ1v) is 11.6. The number of benzene rings is 1. The number of carbonyl (C=O) groups excluding carboxylic acids is 1. The molecule has 0 radical (unpaired) electrons. The van der Waals surface area contributed by atoms with Crippen LogP contribution in [0.2, 0.25) is 0 Å². The number of rotatable bonds is 3. The van der Waals surface area contributed by atoms with Crippen LogP contribution in [-0.2, 0) is 19.4 Å². The molecule has 1 N–H and O–H groups in total. The zero-order valence-corrected chi connectivity index (χ0v) is 19.7. The Labute approximate surface area is 198 Å². The lowest BCUT2D eigenvalue weighted by Gasteiger charge is -2.22. The van der Waals surface area contributed by atoms with E-state index >= 15 is 0 Å². The molecule has 1 aliphatic carbocycles. The molecular formula is C26H28N4O4. The van der Waals surface area contributed by atoms with Crippen LogP contribution in [0.4, 0.5) is 0 Å². The molecule has 0 saturated heterocycles. The van der Waals surface area contributed by atoms with Crippen LogP contribution in [0.5, 0.6) is 11.5 Å². The number of H-pyrrole nitrogens is 1. The van der Waals surface area contributed by atoms with E-state index in [9.17, 15) is 9.59 Å². The Morgan fingerprint density at radius 3 is 2.79 bits per heavy atom. The number of amides is 1. The van der Waals surface area contributed by atoms with Crippen LogP contribution >= 0.6 is 0 Å². The normalized spacial score (nSPS) is 15.1. The van der Waals surface area contributed by atoms with E-state index in [0.29, 0.717) is 31.2 Å². The molecule has 5 rings (SSSR count). The van der Waals surface area contributed by atoms with Crippen molar-refractivity contribution in [3.63, 3.8) is 0 Å². The molecule has 2 aromatic heterocycles. The third kappa shape index (κ3) is 4.04. The number of hydrogen-bond donors (Lipinski definition) is 1. The van der Waals surface area contributed by atoms with Gasteiger partial charge >= 0.3 is 0 Å². The predicted molar refractivity (Wildman–Crippen MR) is 127 cm³/mol. The zero-order valence-electron chi connectivity index (χ0n) is 19.7. The first-order chi connectivity index (χ1) is 16.4. The van der Waals surface area contributed by atoms with Crippen molar-refractivity contribution in [1.82, 2.24) is 19.9 Å². The van der Waals surface area contributed by atoms with Gasteiger partial charge in [-0.1, -0.05) is 0 Å². The number of nitrogens with one attached hydrogen (secondary N) is 1. The largest absolute Gasteiger partial charge is 0.493 e. The summed E-state index contributed by atoms with van der Waals surface area (Å²) in [6.07, 6.45) is 5.61. The van der Waals surface area contributed by atoms with Crippen molar-refractivity contribution in [2.75, 3.05) is 20.3 Å². The molecule has 1 aromatic carbocycles. The van der Waals surface area contributed by atoms with Crippen molar-refractivity contribution < 1.29 is 14.3 Å². The SMILES string of the molecule is COc1cc(-c2nc(C)cnc2C)cc2c1OCCN(C(=O)c1cc3c([nH]c1=O)CCCC3)C2. The Morgan fingerprint density at radius 2 is 1.97 bits per heavy atom. The number of aromatic nitrogens is 3. The van der Waals surface area contributed by atoms with Crippen LogP contribution in [0.15, 0.2) is 29.2 Å². The minimum atomic E-state index is -0.326. The summed E-state index contributed by atoms with van der Waals surface area (Å²) in [4.78, 5) is 39.9. The number of fused-ring (bicyclic) bond motifs is 2. The minimum Gasteiger partial charge on any atom is -0.493 e. The lowest BCUT2D eigenvalue weighted by Crippen LogP contribution is -2.36. The van der Waals surface area contributed by atoms with Gasteiger partial charge in [0, 0.05) is 29.6 Å². The number of methoxy groups -OCH3 is 1. The highest BCUT2D eigenvalue weighted by atomic mass is 16.5. The van der Waals surface area contributed by atoms with E-state index in [1.807, 2.05) is 26.0 Å². The van der Waals surface area contributed by atoms with E-state index in [4.69, 9.17) is 9.47 Å². The fourth-order valence-electron chi connectivity index (χ4n) is 4.76. The molecule has 176 valence electrons. The van der Waals surface area contributed by atoms with E-state index in [-0.39, 0.29) is 17.0 Å². The molecule has 8 nitrogen and oxygen atoms in total. The number of hydrogen-bond acceptors (Lipinski definition) is 6. The van der Waals surface area contributed by atoms with Crippen molar-refractivity contribution in [2.24, 2.45) is 0 Å². The van der Waals surface area contributed by atoms with Crippen LogP contribution in [-0.4, -0.2) is 46.0 Å². The van der Waals surface area contributed by atoms with E-state index in [2.05, 4.69) is 15.0 Å². The van der Waals surface area contributed by atoms with Gasteiger partial charge in [0.15, 0.2) is 11.5 Å². The fourth-order valence-corrected chi connectivity index (χ4v) is 4.76. The summed E-state index contributed by atoms with van der Waals surface area (Å²) in [7, 11) is 1.60. The fraction of sp³-hybridized carbons (Fsp3) is 0.385. The Kier molecular flexibility index (Phi) is 5.81. The molecule has 1 amide bonds. The average molecular weight is 461 g/mol. The molecule has 0 unspecified atom stereocenters. The lowest BCUT2D eigenvalue weighted by molar-refractivity contribution is 0.0731. The van der Waals surface area contributed by atoms with Gasteiger partial charge in [0.2, 0.25) is 0 Å². The molecule has 0 atom stereocenters. The van der Waals surface area contributed by atoms with Gasteiger partial charge in [0.25, 0.3) is 11.5 Å². The van der Waals surface area contributed by atoms with Crippen LogP contribution < -0.4 is 15.0 Å². The second-order valence-corrected chi connectivity index (χ2v) is 8.91. The summed E-state index contributed by atoms with van der Waals surface area (Å²) < 4.78 is 11.6. The molecule has 0 fully saturated rings. The van der Waals surface area contributed by atoms with Gasteiger partial charge in [-0.3, -0.25) is 14.6 Å². The molecule has 34 heavy (non-hydrogen) atoms. The first kappa shape index (κ1) is 22.1. The third-order valence-electron chi connectivity index (χ3n) is 6.53. The second kappa shape index (κ2) is 8.93. The Balaban J connectivity index is 1.53. The van der Waals surface area contributed by atoms with Gasteiger partial charge in [-0.25, -0.2) is 4.98 Å². The smallest absolute Gasteiger partial charge is 0.261 e. The summed E-state index contributed by atoms with van der Waals surface area (Å²) in [6.45, 7) is 4.78. The van der Waals surface area contributed by atoms with Crippen LogP contribution in [0.25, 0.3) is 11.3 Å². The van der Waals surface area contributed by atoms with Crippen molar-refractivity contribution in [3.8, 4) is 22.8 Å². The van der Waals surface area contributed by atoms with Gasteiger partial charge in [-0.2, -0.15) is 0 Å². The number of pyridine rings is 1. The van der Waals surface area contributed by atoms with Crippen molar-refractivity contribution in [3.05, 3.63) is 68.5 Å². The summed E-state index contributed by atoms with van der Waals surface area (Å²) in [5, 5.41) is 0. The summed E-state index contributed by atoms with van der Waals surface area (Å²) >= 11 is 0. The van der Waals surface area contributed by atoms with Crippen LogP contribution in [0, 0.1) is 13.8 Å². The molecule has 1 aliphatic heterocycles. The zero-order chi connectivity index (χ0) is 23.8. The number of aromatic amines is 1. The molecule has 0 saturated carbocycles. The summed E-state index contributed by atoms with van der Waals surface area (Å²) in [5.74, 6) is 0.900. The molecular weight excluding hydrogens is 432 g/mol. The maximum atomic E-state index is 13.5. The quantitative estimate of drug-likeness (QED) is 0.644. The number of nitrogens with zero attached hydrogens (tertiary/aromatic N) is 3. The molecule has 3 heterocycles. The molecule has 0 bridgehead atoms. The third-order valence-corrected chi connectivity index (χ3v) is 6.53. The minimum absolute atomic E-state index is 0.188. The van der Waals surface area contributed by atoms with Gasteiger partial charge in [-0.05, 0) is 63.3 Å². The highest BCUT2D eigenvalue weighted by molar-refractivity contribution is 5.94. The van der Waals surface area contributed by atoms with Gasteiger partial charge in [0.1, 0.15) is 12.2 Å². The second-order valence-electron chi connectivity index (χ2n) is 8.91. The number of carbonyl (C=O) groups is 1. The van der Waals surface area contributed by atoms with E-state index < -0.39 is 0 Å². The number of ether oxygens (including phenoxy) is 2. The Bertz CT molecular complexity index is 1330. The standard InChI is InChI=1S/C26H28N4O4/c1-15-13-27-16(2)23(28-15)18-10-19-14-30(8-9-34-24(19)22(12-18)33-3)26(32)20-11-17-6-4-5-7-21(17)29-25(20)31/h10-13H,4-9,14H2,1-3H3,(H,29,31). The van der Waals surface area contributed by atoms with Crippen molar-refractivity contribution >= 4 is 5.91 Å². The summed E-state index contributed by atoms with van der Waals surface area (Å²) in [5.41, 5.74) is 5.91. The van der Waals surface area contributed by atoms with E-state index in [0.717, 1.165) is 65.1 Å². The average Bonchev–Trinajstić information content (AvgIpc) is 3.06. The lowest BCUT2D eigenvalue weighted by atomic mass is 9.95. The van der Waals surface area contributed by atoms with E-state index in [1.54, 1.807) is 24.3 Å². The summed E-state index contributed by atoms with van der Waals surface area (Å²) in [6, 6.07) is 5.64.